The molecule has 2 unspecified atom stereocenters. The van der Waals surface area contributed by atoms with Crippen LogP contribution in [0.1, 0.15) is 38.5 Å². The van der Waals surface area contributed by atoms with Crippen LogP contribution in [0.4, 0.5) is 0 Å². The van der Waals surface area contributed by atoms with Crippen molar-refractivity contribution in [3.63, 3.8) is 0 Å². The molecule has 0 radical (unpaired) electrons. The van der Waals surface area contributed by atoms with Crippen LogP contribution in [0.3, 0.4) is 0 Å². The number of benzene rings is 1. The first kappa shape index (κ1) is 19.4. The van der Waals surface area contributed by atoms with E-state index in [2.05, 4.69) is 5.32 Å². The summed E-state index contributed by atoms with van der Waals surface area (Å²) in [5.41, 5.74) is 6.13. The molecule has 4 nitrogen and oxygen atoms in total. The normalized spacial score (nSPS) is 28.6. The zero-order chi connectivity index (χ0) is 16.2. The Hall–Kier alpha value is -0.970. The number of para-hydroxylation sites is 1. The summed E-state index contributed by atoms with van der Waals surface area (Å²) in [4.78, 5) is 12.2. The molecule has 1 amide bonds. The van der Waals surface area contributed by atoms with Crippen molar-refractivity contribution < 1.29 is 9.53 Å². The van der Waals surface area contributed by atoms with Crippen LogP contribution in [0, 0.1) is 11.8 Å². The molecule has 0 aromatic heterocycles. The van der Waals surface area contributed by atoms with Crippen LogP contribution in [-0.2, 0) is 4.79 Å². The van der Waals surface area contributed by atoms with E-state index in [1.165, 1.54) is 19.3 Å². The Labute approximate surface area is 154 Å². The van der Waals surface area contributed by atoms with Crippen molar-refractivity contribution in [3.8, 4) is 5.75 Å². The molecule has 3 rings (SSSR count). The van der Waals surface area contributed by atoms with Crippen LogP contribution < -0.4 is 15.8 Å². The second kappa shape index (κ2) is 8.93. The van der Waals surface area contributed by atoms with E-state index in [1.54, 1.807) is 6.07 Å². The zero-order valence-corrected chi connectivity index (χ0v) is 15.3. The number of amides is 1. The third kappa shape index (κ3) is 4.78. The number of nitrogens with two attached hydrogens (primary N) is 1. The summed E-state index contributed by atoms with van der Waals surface area (Å²) in [6, 6.07) is 7.93. The maximum Gasteiger partial charge on any atom is 0.223 e. The van der Waals surface area contributed by atoms with E-state index in [4.69, 9.17) is 22.1 Å². The highest BCUT2D eigenvalue weighted by Crippen LogP contribution is 2.39. The van der Waals surface area contributed by atoms with Crippen LogP contribution in [0.2, 0.25) is 5.02 Å². The molecule has 0 heterocycles. The molecule has 2 atom stereocenters. The molecule has 2 aliphatic carbocycles. The maximum atomic E-state index is 12.2. The van der Waals surface area contributed by atoms with Gasteiger partial charge >= 0.3 is 0 Å². The highest BCUT2D eigenvalue weighted by molar-refractivity contribution is 6.32. The van der Waals surface area contributed by atoms with Crippen molar-refractivity contribution in [3.05, 3.63) is 29.3 Å². The van der Waals surface area contributed by atoms with Crippen molar-refractivity contribution in [1.82, 2.24) is 5.32 Å². The lowest BCUT2D eigenvalue weighted by Gasteiger charge is -2.45. The topological polar surface area (TPSA) is 64.3 Å². The lowest BCUT2D eigenvalue weighted by Crippen LogP contribution is -2.53. The number of carbonyl (C=O) groups is 1. The molecule has 24 heavy (non-hydrogen) atoms. The average molecular weight is 373 g/mol. The Morgan fingerprint density at radius 3 is 2.58 bits per heavy atom. The van der Waals surface area contributed by atoms with Gasteiger partial charge in [-0.2, -0.15) is 0 Å². The molecule has 0 aliphatic heterocycles. The molecular formula is C18H26Cl2N2O2. The van der Waals surface area contributed by atoms with Gasteiger partial charge in [0.1, 0.15) is 5.75 Å². The summed E-state index contributed by atoms with van der Waals surface area (Å²) in [6.07, 6.45) is 6.07. The van der Waals surface area contributed by atoms with Gasteiger partial charge < -0.3 is 15.8 Å². The van der Waals surface area contributed by atoms with Gasteiger partial charge in [-0.05, 0) is 49.7 Å². The zero-order valence-electron chi connectivity index (χ0n) is 13.7. The lowest BCUT2D eigenvalue weighted by atomic mass is 9.67. The molecular weight excluding hydrogens is 347 g/mol. The first-order chi connectivity index (χ1) is 11.1. The molecule has 0 spiro atoms. The largest absolute Gasteiger partial charge is 0.491 e. The first-order valence-electron chi connectivity index (χ1n) is 8.55. The Morgan fingerprint density at radius 1 is 1.25 bits per heavy atom. The van der Waals surface area contributed by atoms with Crippen LogP contribution in [0.25, 0.3) is 0 Å². The van der Waals surface area contributed by atoms with E-state index in [0.717, 1.165) is 12.8 Å². The minimum absolute atomic E-state index is 0. The second-order valence-corrected chi connectivity index (χ2v) is 7.21. The summed E-state index contributed by atoms with van der Waals surface area (Å²) in [6.45, 7) is 0.344. The van der Waals surface area contributed by atoms with Gasteiger partial charge in [0.2, 0.25) is 5.91 Å². The molecule has 2 fully saturated rings. The minimum atomic E-state index is 0. The number of carbonyl (C=O) groups excluding carboxylic acids is 1. The third-order valence-corrected chi connectivity index (χ3v) is 5.44. The Morgan fingerprint density at radius 2 is 1.92 bits per heavy atom. The fourth-order valence-electron chi connectivity index (χ4n) is 4.10. The Balaban J connectivity index is 0.00000208. The SMILES string of the molecule is Cl.NC1CC2CCCC(C1)C2NC(=O)CCOc1ccccc1Cl. The number of ether oxygens (including phenoxy) is 1. The molecule has 2 aliphatic rings. The van der Waals surface area contributed by atoms with Crippen molar-refractivity contribution >= 4 is 29.9 Å². The van der Waals surface area contributed by atoms with Crippen molar-refractivity contribution in [2.24, 2.45) is 17.6 Å². The molecule has 1 aromatic carbocycles. The van der Waals surface area contributed by atoms with Gasteiger partial charge in [-0.1, -0.05) is 30.2 Å². The van der Waals surface area contributed by atoms with E-state index >= 15 is 0 Å². The predicted octanol–water partition coefficient (Wildman–Crippen LogP) is 3.55. The van der Waals surface area contributed by atoms with Crippen LogP contribution in [0.15, 0.2) is 24.3 Å². The van der Waals surface area contributed by atoms with Gasteiger partial charge in [0.25, 0.3) is 0 Å². The summed E-state index contributed by atoms with van der Waals surface area (Å²) in [7, 11) is 0. The molecule has 2 bridgehead atoms. The van der Waals surface area contributed by atoms with E-state index in [0.29, 0.717) is 47.7 Å². The molecule has 6 heteroatoms. The number of rotatable bonds is 5. The first-order valence-corrected chi connectivity index (χ1v) is 8.93. The van der Waals surface area contributed by atoms with Crippen molar-refractivity contribution in [2.75, 3.05) is 6.61 Å². The quantitative estimate of drug-likeness (QED) is 0.830. The predicted molar refractivity (Wildman–Crippen MR) is 98.8 cm³/mol. The summed E-state index contributed by atoms with van der Waals surface area (Å²) in [5.74, 6) is 1.79. The monoisotopic (exact) mass is 372 g/mol. The molecule has 134 valence electrons. The number of nitrogens with one attached hydrogen (secondary N) is 1. The smallest absolute Gasteiger partial charge is 0.223 e. The van der Waals surface area contributed by atoms with E-state index in [1.807, 2.05) is 18.2 Å². The maximum absolute atomic E-state index is 12.2. The number of hydrogen-bond donors (Lipinski definition) is 2. The van der Waals surface area contributed by atoms with Crippen LogP contribution in [0.5, 0.6) is 5.75 Å². The summed E-state index contributed by atoms with van der Waals surface area (Å²) >= 11 is 6.04. The van der Waals surface area contributed by atoms with E-state index in [9.17, 15) is 4.79 Å². The summed E-state index contributed by atoms with van der Waals surface area (Å²) in [5, 5.41) is 3.81. The molecule has 3 N–H and O–H groups in total. The average Bonchev–Trinajstić information content (AvgIpc) is 2.50. The lowest BCUT2D eigenvalue weighted by molar-refractivity contribution is -0.123. The number of fused-ring (bicyclic) bond motifs is 2. The Bertz CT molecular complexity index is 542. The molecule has 0 saturated heterocycles. The van der Waals surface area contributed by atoms with Gasteiger partial charge in [-0.3, -0.25) is 4.79 Å². The molecule has 2 saturated carbocycles. The summed E-state index contributed by atoms with van der Waals surface area (Å²) < 4.78 is 5.59. The second-order valence-electron chi connectivity index (χ2n) is 6.80. The third-order valence-electron chi connectivity index (χ3n) is 5.13. The molecule has 1 aromatic rings. The van der Waals surface area contributed by atoms with Crippen LogP contribution in [-0.4, -0.2) is 24.6 Å². The Kier molecular flexibility index (Phi) is 7.20. The number of hydrogen-bond acceptors (Lipinski definition) is 3. The fraction of sp³-hybridized carbons (Fsp3) is 0.611. The van der Waals surface area contributed by atoms with Gasteiger partial charge in [0.05, 0.1) is 18.1 Å². The van der Waals surface area contributed by atoms with Gasteiger partial charge in [-0.15, -0.1) is 12.4 Å². The fourth-order valence-corrected chi connectivity index (χ4v) is 4.29. The highest BCUT2D eigenvalue weighted by Gasteiger charge is 2.39. The van der Waals surface area contributed by atoms with E-state index < -0.39 is 0 Å². The van der Waals surface area contributed by atoms with Gasteiger partial charge in [0.15, 0.2) is 0 Å². The highest BCUT2D eigenvalue weighted by atomic mass is 35.5. The van der Waals surface area contributed by atoms with Crippen molar-refractivity contribution in [2.45, 2.75) is 50.6 Å². The minimum Gasteiger partial charge on any atom is -0.491 e. The van der Waals surface area contributed by atoms with E-state index in [-0.39, 0.29) is 18.3 Å². The van der Waals surface area contributed by atoms with Crippen LogP contribution >= 0.6 is 24.0 Å². The number of halogens is 2. The van der Waals surface area contributed by atoms with Gasteiger partial charge in [0, 0.05) is 12.1 Å². The standard InChI is InChI=1S/C18H25ClN2O2.ClH/c19-15-6-1-2-7-16(15)23-9-8-17(22)21-18-12-4-3-5-13(18)11-14(20)10-12;/h1-2,6-7,12-14,18H,3-5,8-11,20H2,(H,21,22);1H. The van der Waals surface area contributed by atoms with Crippen molar-refractivity contribution in [1.29, 1.82) is 0 Å². The van der Waals surface area contributed by atoms with Gasteiger partial charge in [-0.25, -0.2) is 0 Å².